The van der Waals surface area contributed by atoms with E-state index in [1.165, 1.54) is 6.33 Å². The van der Waals surface area contributed by atoms with Crippen LogP contribution in [0.15, 0.2) is 30.6 Å². The Kier molecular flexibility index (Phi) is 3.33. The van der Waals surface area contributed by atoms with Gasteiger partial charge in [-0.2, -0.15) is 5.26 Å². The Morgan fingerprint density at radius 3 is 2.85 bits per heavy atom. The molecule has 0 radical (unpaired) electrons. The molecule has 0 atom stereocenters. The van der Waals surface area contributed by atoms with Crippen molar-refractivity contribution in [2.45, 2.75) is 6.54 Å². The number of nitriles is 1. The summed E-state index contributed by atoms with van der Waals surface area (Å²) in [4.78, 5) is 7.88. The zero-order chi connectivity index (χ0) is 13.8. The van der Waals surface area contributed by atoms with Crippen LogP contribution < -0.4 is 14.8 Å². The lowest BCUT2D eigenvalue weighted by Gasteiger charge is -2.19. The van der Waals surface area contributed by atoms with Gasteiger partial charge in [-0.15, -0.1) is 0 Å². The number of nitrogens with one attached hydrogen (secondary N) is 1. The number of anilines is 1. The van der Waals surface area contributed by atoms with Crippen LogP contribution in [0.5, 0.6) is 11.5 Å². The summed E-state index contributed by atoms with van der Waals surface area (Å²) in [5.41, 5.74) is 1.39. The molecule has 2 aromatic rings. The molecule has 1 aliphatic rings. The smallest absolute Gasteiger partial charge is 0.161 e. The van der Waals surface area contributed by atoms with Gasteiger partial charge >= 0.3 is 0 Å². The predicted octanol–water partition coefficient (Wildman–Crippen LogP) is 1.73. The summed E-state index contributed by atoms with van der Waals surface area (Å²) in [5, 5.41) is 11.9. The number of hydrogen-bond donors (Lipinski definition) is 1. The minimum Gasteiger partial charge on any atom is -0.486 e. The molecule has 0 saturated carbocycles. The highest BCUT2D eigenvalue weighted by atomic mass is 16.6. The molecule has 2 heterocycles. The highest BCUT2D eigenvalue weighted by molar-refractivity contribution is 5.45. The topological polar surface area (TPSA) is 80.1 Å². The second-order valence-electron chi connectivity index (χ2n) is 4.23. The second kappa shape index (κ2) is 5.45. The van der Waals surface area contributed by atoms with E-state index in [1.54, 1.807) is 6.07 Å². The summed E-state index contributed by atoms with van der Waals surface area (Å²) in [6.07, 6.45) is 1.37. The molecule has 6 nitrogen and oxygen atoms in total. The second-order valence-corrected chi connectivity index (χ2v) is 4.23. The van der Waals surface area contributed by atoms with E-state index in [9.17, 15) is 0 Å². The highest BCUT2D eigenvalue weighted by Crippen LogP contribution is 2.30. The lowest BCUT2D eigenvalue weighted by Crippen LogP contribution is -2.15. The van der Waals surface area contributed by atoms with Gasteiger partial charge in [-0.1, -0.05) is 6.07 Å². The maximum Gasteiger partial charge on any atom is 0.161 e. The molecule has 6 heteroatoms. The van der Waals surface area contributed by atoms with Crippen molar-refractivity contribution >= 4 is 5.82 Å². The van der Waals surface area contributed by atoms with E-state index >= 15 is 0 Å². The van der Waals surface area contributed by atoms with Crippen LogP contribution >= 0.6 is 0 Å². The van der Waals surface area contributed by atoms with E-state index < -0.39 is 0 Å². The van der Waals surface area contributed by atoms with Gasteiger partial charge < -0.3 is 14.8 Å². The van der Waals surface area contributed by atoms with Gasteiger partial charge in [0, 0.05) is 12.6 Å². The largest absolute Gasteiger partial charge is 0.486 e. The van der Waals surface area contributed by atoms with E-state index in [2.05, 4.69) is 15.3 Å². The summed E-state index contributed by atoms with van der Waals surface area (Å²) >= 11 is 0. The van der Waals surface area contributed by atoms with Crippen LogP contribution in [0.3, 0.4) is 0 Å². The summed E-state index contributed by atoms with van der Waals surface area (Å²) in [7, 11) is 0. The zero-order valence-electron chi connectivity index (χ0n) is 10.7. The van der Waals surface area contributed by atoms with Crippen LogP contribution in [-0.2, 0) is 6.54 Å². The Balaban J connectivity index is 1.70. The fraction of sp³-hybridized carbons (Fsp3) is 0.214. The van der Waals surface area contributed by atoms with Crippen LogP contribution in [0.4, 0.5) is 5.82 Å². The first-order valence-electron chi connectivity index (χ1n) is 6.20. The molecule has 100 valence electrons. The van der Waals surface area contributed by atoms with Crippen LogP contribution in [0, 0.1) is 11.3 Å². The summed E-state index contributed by atoms with van der Waals surface area (Å²) in [6, 6.07) is 9.39. The van der Waals surface area contributed by atoms with Gasteiger partial charge in [0.25, 0.3) is 0 Å². The van der Waals surface area contributed by atoms with Crippen molar-refractivity contribution in [2.75, 3.05) is 18.5 Å². The quantitative estimate of drug-likeness (QED) is 0.913. The normalized spacial score (nSPS) is 12.6. The van der Waals surface area contributed by atoms with Gasteiger partial charge in [0.1, 0.15) is 37.1 Å². The number of ether oxygens (including phenoxy) is 2. The molecule has 0 fully saturated rings. The molecule has 0 aliphatic carbocycles. The van der Waals surface area contributed by atoms with E-state index in [0.29, 0.717) is 31.3 Å². The molecule has 0 amide bonds. The van der Waals surface area contributed by atoms with Crippen LogP contribution in [0.2, 0.25) is 0 Å². The maximum atomic E-state index is 8.78. The molecule has 0 bridgehead atoms. The number of hydrogen-bond acceptors (Lipinski definition) is 6. The van der Waals surface area contributed by atoms with Gasteiger partial charge in [-0.3, -0.25) is 0 Å². The van der Waals surface area contributed by atoms with Crippen molar-refractivity contribution in [3.8, 4) is 17.6 Å². The molecule has 3 rings (SSSR count). The zero-order valence-corrected chi connectivity index (χ0v) is 10.7. The number of aromatic nitrogens is 2. The van der Waals surface area contributed by atoms with Crippen LogP contribution in [-0.4, -0.2) is 23.2 Å². The Bertz CT molecular complexity index is 666. The Labute approximate surface area is 116 Å². The monoisotopic (exact) mass is 268 g/mol. The standard InChI is InChI=1S/C14H12N4O2/c15-7-11-6-14(18-9-17-11)16-8-10-1-2-12-13(5-10)20-4-3-19-12/h1-2,5-6,9H,3-4,8H2,(H,16,17,18). The molecule has 1 aromatic heterocycles. The first-order chi connectivity index (χ1) is 9.85. The van der Waals surface area contributed by atoms with Gasteiger partial charge in [0.2, 0.25) is 0 Å². The van der Waals surface area contributed by atoms with E-state index in [1.807, 2.05) is 24.3 Å². The summed E-state index contributed by atoms with van der Waals surface area (Å²) in [5.74, 6) is 2.15. The van der Waals surface area contributed by atoms with Gasteiger partial charge in [0.15, 0.2) is 11.5 Å². The fourth-order valence-electron chi connectivity index (χ4n) is 1.91. The molecule has 0 unspecified atom stereocenters. The Morgan fingerprint density at radius 2 is 2.00 bits per heavy atom. The lowest BCUT2D eigenvalue weighted by molar-refractivity contribution is 0.171. The van der Waals surface area contributed by atoms with Crippen molar-refractivity contribution in [3.63, 3.8) is 0 Å². The minimum absolute atomic E-state index is 0.338. The molecular weight excluding hydrogens is 256 g/mol. The molecule has 20 heavy (non-hydrogen) atoms. The van der Waals surface area contributed by atoms with Crippen molar-refractivity contribution in [3.05, 3.63) is 41.9 Å². The van der Waals surface area contributed by atoms with Crippen molar-refractivity contribution in [2.24, 2.45) is 0 Å². The Hall–Kier alpha value is -2.81. The third-order valence-corrected chi connectivity index (χ3v) is 2.86. The van der Waals surface area contributed by atoms with Gasteiger partial charge in [0.05, 0.1) is 0 Å². The van der Waals surface area contributed by atoms with E-state index in [4.69, 9.17) is 14.7 Å². The minimum atomic E-state index is 0.338. The molecule has 0 saturated heterocycles. The fourth-order valence-corrected chi connectivity index (χ4v) is 1.91. The maximum absolute atomic E-state index is 8.78. The molecule has 1 aliphatic heterocycles. The van der Waals surface area contributed by atoms with Gasteiger partial charge in [-0.05, 0) is 17.7 Å². The van der Waals surface area contributed by atoms with Crippen LogP contribution in [0.1, 0.15) is 11.3 Å². The first kappa shape index (κ1) is 12.2. The number of nitrogens with zero attached hydrogens (tertiary/aromatic N) is 3. The van der Waals surface area contributed by atoms with Crippen molar-refractivity contribution in [1.29, 1.82) is 5.26 Å². The van der Waals surface area contributed by atoms with Gasteiger partial charge in [-0.25, -0.2) is 9.97 Å². The average Bonchev–Trinajstić information content (AvgIpc) is 2.53. The highest BCUT2D eigenvalue weighted by Gasteiger charge is 2.11. The lowest BCUT2D eigenvalue weighted by atomic mass is 10.2. The van der Waals surface area contributed by atoms with E-state index in [0.717, 1.165) is 17.1 Å². The predicted molar refractivity (Wildman–Crippen MR) is 71.5 cm³/mol. The third-order valence-electron chi connectivity index (χ3n) is 2.86. The van der Waals surface area contributed by atoms with Crippen molar-refractivity contribution in [1.82, 2.24) is 9.97 Å². The van der Waals surface area contributed by atoms with Crippen LogP contribution in [0.25, 0.3) is 0 Å². The molecule has 0 spiro atoms. The summed E-state index contributed by atoms with van der Waals surface area (Å²) < 4.78 is 11.0. The number of benzene rings is 1. The number of fused-ring (bicyclic) bond motifs is 1. The first-order valence-corrected chi connectivity index (χ1v) is 6.20. The SMILES string of the molecule is N#Cc1cc(NCc2ccc3c(c2)OCCO3)ncn1. The number of rotatable bonds is 3. The Morgan fingerprint density at radius 1 is 1.15 bits per heavy atom. The van der Waals surface area contributed by atoms with Crippen molar-refractivity contribution < 1.29 is 9.47 Å². The summed E-state index contributed by atoms with van der Waals surface area (Å²) in [6.45, 7) is 1.74. The molecule has 1 N–H and O–H groups in total. The average molecular weight is 268 g/mol. The molecule has 1 aromatic carbocycles. The molecular formula is C14H12N4O2. The third kappa shape index (κ3) is 2.62. The van der Waals surface area contributed by atoms with E-state index in [-0.39, 0.29) is 0 Å².